The van der Waals surface area contributed by atoms with Gasteiger partial charge >= 0.3 is 5.97 Å². The van der Waals surface area contributed by atoms with Crippen molar-refractivity contribution in [2.75, 3.05) is 0 Å². The first-order valence-corrected chi connectivity index (χ1v) is 6.88. The zero-order valence-electron chi connectivity index (χ0n) is 11.0. The second-order valence-electron chi connectivity index (χ2n) is 6.75. The summed E-state index contributed by atoms with van der Waals surface area (Å²) in [6, 6.07) is 0. The Hall–Kier alpha value is -0.790. The normalized spacial score (nSPS) is 52.2. The lowest BCUT2D eigenvalue weighted by atomic mass is 9.61. The van der Waals surface area contributed by atoms with Crippen LogP contribution in [0.25, 0.3) is 0 Å². The van der Waals surface area contributed by atoms with E-state index in [1.54, 1.807) is 0 Å². The molecule has 0 amide bonds. The Labute approximate surface area is 103 Å². The number of allylic oxidation sites excluding steroid dienone is 1. The zero-order valence-corrected chi connectivity index (χ0v) is 11.0. The molecule has 0 radical (unpaired) electrons. The van der Waals surface area contributed by atoms with Gasteiger partial charge in [-0.05, 0) is 54.3 Å². The molecule has 0 aromatic rings. The van der Waals surface area contributed by atoms with Crippen LogP contribution in [0.3, 0.4) is 0 Å². The van der Waals surface area contributed by atoms with E-state index in [-0.39, 0.29) is 16.7 Å². The Bertz CT molecular complexity index is 411. The van der Waals surface area contributed by atoms with Gasteiger partial charge in [0.15, 0.2) is 0 Å². The molecule has 0 aromatic heterocycles. The van der Waals surface area contributed by atoms with E-state index in [1.807, 2.05) is 0 Å². The highest BCUT2D eigenvalue weighted by Gasteiger charge is 2.66. The first kappa shape index (κ1) is 11.3. The third-order valence-electron chi connectivity index (χ3n) is 6.36. The highest BCUT2D eigenvalue weighted by Crippen LogP contribution is 2.73. The Balaban J connectivity index is 2.10. The van der Waals surface area contributed by atoms with E-state index in [1.165, 1.54) is 25.7 Å². The second kappa shape index (κ2) is 3.15. The fourth-order valence-electron chi connectivity index (χ4n) is 5.53. The third-order valence-corrected chi connectivity index (χ3v) is 6.36. The molecule has 0 unspecified atom stereocenters. The van der Waals surface area contributed by atoms with Crippen LogP contribution in [0.15, 0.2) is 11.6 Å². The number of carboxylic acids is 1. The monoisotopic (exact) mass is 234 g/mol. The van der Waals surface area contributed by atoms with Gasteiger partial charge in [-0.15, -0.1) is 0 Å². The van der Waals surface area contributed by atoms with Crippen molar-refractivity contribution in [3.05, 3.63) is 11.6 Å². The van der Waals surface area contributed by atoms with Crippen LogP contribution in [-0.4, -0.2) is 11.1 Å². The molecule has 1 N–H and O–H groups in total. The van der Waals surface area contributed by atoms with Gasteiger partial charge in [0.05, 0.1) is 0 Å². The summed E-state index contributed by atoms with van der Waals surface area (Å²) in [6.45, 7) is 6.82. The van der Waals surface area contributed by atoms with Gasteiger partial charge in [-0.1, -0.05) is 26.8 Å². The smallest absolute Gasteiger partial charge is 0.331 e. The Kier molecular flexibility index (Phi) is 2.10. The maximum Gasteiger partial charge on any atom is 0.331 e. The minimum atomic E-state index is -0.694. The lowest BCUT2D eigenvalue weighted by Gasteiger charge is -2.42. The van der Waals surface area contributed by atoms with E-state index in [2.05, 4.69) is 26.8 Å². The van der Waals surface area contributed by atoms with Gasteiger partial charge in [0.25, 0.3) is 0 Å². The van der Waals surface area contributed by atoms with E-state index < -0.39 is 5.97 Å². The van der Waals surface area contributed by atoms with Crippen LogP contribution in [-0.2, 0) is 4.79 Å². The molecule has 2 nitrogen and oxygen atoms in total. The minimum absolute atomic E-state index is 0.148. The number of aliphatic carboxylic acids is 1. The average molecular weight is 234 g/mol. The Morgan fingerprint density at radius 3 is 2.71 bits per heavy atom. The molecule has 2 saturated carbocycles. The van der Waals surface area contributed by atoms with Gasteiger partial charge < -0.3 is 5.11 Å². The number of hydrogen-bond acceptors (Lipinski definition) is 1. The van der Waals surface area contributed by atoms with E-state index in [0.29, 0.717) is 5.57 Å². The largest absolute Gasteiger partial charge is 0.478 e. The number of carboxylic acid groups (broad SMARTS) is 1. The van der Waals surface area contributed by atoms with Crippen LogP contribution >= 0.6 is 0 Å². The van der Waals surface area contributed by atoms with E-state index >= 15 is 0 Å². The van der Waals surface area contributed by atoms with Crippen molar-refractivity contribution < 1.29 is 9.90 Å². The van der Waals surface area contributed by atoms with Crippen LogP contribution in [0.2, 0.25) is 0 Å². The molecule has 0 aromatic carbocycles. The van der Waals surface area contributed by atoms with E-state index in [0.717, 1.165) is 11.8 Å². The summed E-state index contributed by atoms with van der Waals surface area (Å²) in [7, 11) is 0. The van der Waals surface area contributed by atoms with Gasteiger partial charge in [0.1, 0.15) is 0 Å². The van der Waals surface area contributed by atoms with Crippen molar-refractivity contribution in [2.45, 2.75) is 46.5 Å². The quantitative estimate of drug-likeness (QED) is 0.754. The van der Waals surface area contributed by atoms with Gasteiger partial charge in [-0.25, -0.2) is 4.79 Å². The van der Waals surface area contributed by atoms with Crippen LogP contribution < -0.4 is 0 Å². The summed E-state index contributed by atoms with van der Waals surface area (Å²) in [6.07, 6.45) is 7.10. The minimum Gasteiger partial charge on any atom is -0.478 e. The van der Waals surface area contributed by atoms with Crippen molar-refractivity contribution in [1.29, 1.82) is 0 Å². The molecule has 17 heavy (non-hydrogen) atoms. The van der Waals surface area contributed by atoms with Crippen molar-refractivity contribution >= 4 is 5.97 Å². The molecular formula is C15H22O2. The lowest BCUT2D eigenvalue weighted by Crippen LogP contribution is -2.38. The predicted molar refractivity (Wildman–Crippen MR) is 66.5 cm³/mol. The fraction of sp³-hybridized carbons (Fsp3) is 0.800. The van der Waals surface area contributed by atoms with Crippen molar-refractivity contribution in [3.63, 3.8) is 0 Å². The SMILES string of the molecule is C[C@@H]1CC[C@@]23[C@@H](C)C(C(=O)O)=C[C@]2(C)CC[C@@H]13. The molecule has 2 heteroatoms. The van der Waals surface area contributed by atoms with Crippen LogP contribution in [0.5, 0.6) is 0 Å². The maximum absolute atomic E-state index is 11.4. The molecule has 5 atom stereocenters. The summed E-state index contributed by atoms with van der Waals surface area (Å²) < 4.78 is 0. The summed E-state index contributed by atoms with van der Waals surface area (Å²) in [5, 5.41) is 9.37. The lowest BCUT2D eigenvalue weighted by molar-refractivity contribution is -0.133. The average Bonchev–Trinajstić information content (AvgIpc) is 2.80. The number of hydrogen-bond donors (Lipinski definition) is 1. The molecule has 0 saturated heterocycles. The summed E-state index contributed by atoms with van der Waals surface area (Å²) in [5.41, 5.74) is 1.10. The second-order valence-corrected chi connectivity index (χ2v) is 6.75. The summed E-state index contributed by atoms with van der Waals surface area (Å²) in [4.78, 5) is 11.4. The summed E-state index contributed by atoms with van der Waals surface area (Å²) in [5.74, 6) is 1.07. The third kappa shape index (κ3) is 1.10. The van der Waals surface area contributed by atoms with Crippen LogP contribution in [0, 0.1) is 28.6 Å². The molecular weight excluding hydrogens is 212 g/mol. The van der Waals surface area contributed by atoms with Crippen LogP contribution in [0.1, 0.15) is 46.5 Å². The maximum atomic E-state index is 11.4. The van der Waals surface area contributed by atoms with E-state index in [9.17, 15) is 9.90 Å². The molecule has 0 aliphatic heterocycles. The molecule has 1 spiro atoms. The molecule has 3 aliphatic rings. The molecule has 2 fully saturated rings. The molecule has 3 rings (SSSR count). The molecule has 3 aliphatic carbocycles. The fourth-order valence-corrected chi connectivity index (χ4v) is 5.53. The van der Waals surface area contributed by atoms with Crippen molar-refractivity contribution in [1.82, 2.24) is 0 Å². The molecule has 0 heterocycles. The van der Waals surface area contributed by atoms with Crippen molar-refractivity contribution in [2.24, 2.45) is 28.6 Å². The zero-order chi connectivity index (χ0) is 12.4. The number of rotatable bonds is 1. The van der Waals surface area contributed by atoms with Gasteiger partial charge in [-0.3, -0.25) is 0 Å². The van der Waals surface area contributed by atoms with E-state index in [4.69, 9.17) is 0 Å². The Morgan fingerprint density at radius 2 is 2.06 bits per heavy atom. The highest BCUT2D eigenvalue weighted by atomic mass is 16.4. The number of carbonyl (C=O) groups is 1. The van der Waals surface area contributed by atoms with Gasteiger partial charge in [0, 0.05) is 5.57 Å². The first-order chi connectivity index (χ1) is 7.92. The highest BCUT2D eigenvalue weighted by molar-refractivity contribution is 5.88. The van der Waals surface area contributed by atoms with Gasteiger partial charge in [0.2, 0.25) is 0 Å². The molecule has 0 bridgehead atoms. The Morgan fingerprint density at radius 1 is 1.35 bits per heavy atom. The first-order valence-electron chi connectivity index (χ1n) is 6.88. The van der Waals surface area contributed by atoms with Crippen LogP contribution in [0.4, 0.5) is 0 Å². The predicted octanol–water partition coefficient (Wildman–Crippen LogP) is 3.48. The standard InChI is InChI=1S/C15H22O2/c1-9-4-7-15-10(2)11(13(16)17)8-14(15,3)6-5-12(9)15/h8-10,12H,4-7H2,1-3H3,(H,16,17)/t9-,10+,12+,14+,15+/m1/s1. The molecule has 94 valence electrons. The van der Waals surface area contributed by atoms with Crippen molar-refractivity contribution in [3.8, 4) is 0 Å². The summed E-state index contributed by atoms with van der Waals surface area (Å²) >= 11 is 0. The van der Waals surface area contributed by atoms with Gasteiger partial charge in [-0.2, -0.15) is 0 Å². The topological polar surface area (TPSA) is 37.3 Å².